The number of ether oxygens (including phenoxy) is 1. The molecule has 1 fully saturated rings. The second-order valence-electron chi connectivity index (χ2n) is 8.64. The predicted molar refractivity (Wildman–Crippen MR) is 123 cm³/mol. The number of rotatable bonds is 5. The summed E-state index contributed by atoms with van der Waals surface area (Å²) in [5, 5.41) is 2.92. The average molecular weight is 421 g/mol. The van der Waals surface area contributed by atoms with Crippen LogP contribution in [-0.4, -0.2) is 35.9 Å². The van der Waals surface area contributed by atoms with E-state index in [1.165, 1.54) is 36.8 Å². The lowest BCUT2D eigenvalue weighted by Crippen LogP contribution is -2.34. The molecule has 0 unspecified atom stereocenters. The fourth-order valence-corrected chi connectivity index (χ4v) is 4.50. The van der Waals surface area contributed by atoms with Crippen molar-refractivity contribution in [2.75, 3.05) is 18.4 Å². The molecule has 1 heterocycles. The lowest BCUT2D eigenvalue weighted by Gasteiger charge is -2.22. The van der Waals surface area contributed by atoms with E-state index in [9.17, 15) is 9.59 Å². The van der Waals surface area contributed by atoms with Gasteiger partial charge in [0.1, 0.15) is 5.75 Å². The number of aryl methyl sites for hydroxylation is 2. The quantitative estimate of drug-likeness (QED) is 0.742. The maximum absolute atomic E-state index is 13.1. The zero-order chi connectivity index (χ0) is 21.6. The van der Waals surface area contributed by atoms with Gasteiger partial charge < -0.3 is 15.0 Å². The Morgan fingerprint density at radius 3 is 2.39 bits per heavy atom. The van der Waals surface area contributed by atoms with Crippen molar-refractivity contribution in [3.05, 3.63) is 59.2 Å². The van der Waals surface area contributed by atoms with Crippen molar-refractivity contribution in [1.29, 1.82) is 0 Å². The van der Waals surface area contributed by atoms with E-state index >= 15 is 0 Å². The van der Waals surface area contributed by atoms with E-state index in [1.54, 1.807) is 19.1 Å². The molecule has 5 heteroatoms. The molecule has 2 aromatic carbocycles. The summed E-state index contributed by atoms with van der Waals surface area (Å²) in [6.45, 7) is 3.30. The van der Waals surface area contributed by atoms with E-state index in [0.717, 1.165) is 44.5 Å². The third kappa shape index (κ3) is 5.27. The number of amides is 2. The first-order valence-electron chi connectivity index (χ1n) is 11.6. The van der Waals surface area contributed by atoms with Gasteiger partial charge in [0.05, 0.1) is 11.3 Å². The van der Waals surface area contributed by atoms with Crippen LogP contribution in [0.15, 0.2) is 42.5 Å². The maximum Gasteiger partial charge on any atom is 0.265 e. The van der Waals surface area contributed by atoms with Crippen LogP contribution >= 0.6 is 0 Å². The molecule has 2 aromatic rings. The first kappa shape index (κ1) is 21.4. The van der Waals surface area contributed by atoms with Crippen LogP contribution < -0.4 is 10.1 Å². The molecule has 0 aromatic heterocycles. The molecule has 1 N–H and O–H groups in total. The molecule has 2 aliphatic rings. The number of fused-ring (bicyclic) bond motifs is 1. The normalized spacial score (nSPS) is 17.3. The van der Waals surface area contributed by atoms with Crippen molar-refractivity contribution >= 4 is 17.5 Å². The van der Waals surface area contributed by atoms with Crippen LogP contribution in [0, 0.1) is 0 Å². The van der Waals surface area contributed by atoms with Crippen LogP contribution in [0.5, 0.6) is 5.75 Å². The molecular formula is C26H32N2O3. The van der Waals surface area contributed by atoms with Crippen LogP contribution in [0.4, 0.5) is 5.69 Å². The van der Waals surface area contributed by atoms with Gasteiger partial charge in [-0.2, -0.15) is 0 Å². The number of para-hydroxylation sites is 1. The lowest BCUT2D eigenvalue weighted by molar-refractivity contribution is -0.122. The minimum Gasteiger partial charge on any atom is -0.481 e. The molecule has 1 atom stereocenters. The third-order valence-electron chi connectivity index (χ3n) is 6.31. The smallest absolute Gasteiger partial charge is 0.265 e. The molecule has 4 rings (SSSR count). The van der Waals surface area contributed by atoms with E-state index < -0.39 is 6.10 Å². The number of hydrogen-bond acceptors (Lipinski definition) is 3. The van der Waals surface area contributed by atoms with Crippen LogP contribution in [0.1, 0.15) is 66.9 Å². The minimum absolute atomic E-state index is 0.0129. The maximum atomic E-state index is 13.1. The number of hydrogen-bond donors (Lipinski definition) is 1. The Labute approximate surface area is 184 Å². The standard InChI is InChI=1S/C26H32N2O3/c1-19(31-22-15-14-20-10-4-5-11-21(20)18-22)25(29)27-24-13-7-6-12-23(24)26(30)28-16-8-2-3-9-17-28/h6-7,12-15,18-19H,2-5,8-11,16-17H2,1H3,(H,27,29)/t19-/m0/s1. The summed E-state index contributed by atoms with van der Waals surface area (Å²) in [4.78, 5) is 27.9. The number of carbonyl (C=O) groups is 2. The molecule has 0 saturated carbocycles. The van der Waals surface area contributed by atoms with E-state index in [-0.39, 0.29) is 11.8 Å². The second kappa shape index (κ2) is 9.99. The number of carbonyl (C=O) groups excluding carboxylic acids is 2. The van der Waals surface area contributed by atoms with Crippen molar-refractivity contribution in [1.82, 2.24) is 4.90 Å². The molecule has 2 amide bonds. The number of benzene rings is 2. The molecule has 0 spiro atoms. The highest BCUT2D eigenvalue weighted by Crippen LogP contribution is 2.26. The topological polar surface area (TPSA) is 58.6 Å². The Balaban J connectivity index is 1.43. The Morgan fingerprint density at radius 2 is 1.61 bits per heavy atom. The Morgan fingerprint density at radius 1 is 0.903 bits per heavy atom. The molecule has 5 nitrogen and oxygen atoms in total. The fourth-order valence-electron chi connectivity index (χ4n) is 4.50. The molecule has 1 aliphatic carbocycles. The molecule has 0 radical (unpaired) electrons. The Kier molecular flexibility index (Phi) is 6.90. The summed E-state index contributed by atoms with van der Waals surface area (Å²) in [5.41, 5.74) is 3.79. The summed E-state index contributed by atoms with van der Waals surface area (Å²) < 4.78 is 5.94. The average Bonchev–Trinajstić information content (AvgIpc) is 3.08. The summed E-state index contributed by atoms with van der Waals surface area (Å²) in [6.07, 6.45) is 8.36. The first-order chi connectivity index (χ1) is 15.1. The van der Waals surface area contributed by atoms with Crippen LogP contribution in [-0.2, 0) is 17.6 Å². The number of likely N-dealkylation sites (tertiary alicyclic amines) is 1. The van der Waals surface area contributed by atoms with Crippen LogP contribution in [0.3, 0.4) is 0 Å². The zero-order valence-electron chi connectivity index (χ0n) is 18.4. The van der Waals surface area contributed by atoms with Gasteiger partial charge in [-0.3, -0.25) is 9.59 Å². The Bertz CT molecular complexity index is 932. The molecule has 1 saturated heterocycles. The van der Waals surface area contributed by atoms with Gasteiger partial charge in [0.2, 0.25) is 0 Å². The van der Waals surface area contributed by atoms with Crippen LogP contribution in [0.2, 0.25) is 0 Å². The van der Waals surface area contributed by atoms with Gasteiger partial charge in [0.15, 0.2) is 6.10 Å². The van der Waals surface area contributed by atoms with E-state index in [4.69, 9.17) is 4.74 Å². The third-order valence-corrected chi connectivity index (χ3v) is 6.31. The molecule has 31 heavy (non-hydrogen) atoms. The highest BCUT2D eigenvalue weighted by atomic mass is 16.5. The van der Waals surface area contributed by atoms with E-state index in [1.807, 2.05) is 23.1 Å². The molecule has 164 valence electrons. The van der Waals surface area contributed by atoms with Crippen molar-refractivity contribution in [2.45, 2.75) is 64.4 Å². The highest BCUT2D eigenvalue weighted by Gasteiger charge is 2.22. The first-order valence-corrected chi connectivity index (χ1v) is 11.6. The molecule has 0 bridgehead atoms. The zero-order valence-corrected chi connectivity index (χ0v) is 18.4. The largest absolute Gasteiger partial charge is 0.481 e. The predicted octanol–water partition coefficient (Wildman–Crippen LogP) is 4.99. The van der Waals surface area contributed by atoms with Crippen molar-refractivity contribution < 1.29 is 14.3 Å². The van der Waals surface area contributed by atoms with Crippen molar-refractivity contribution in [2.24, 2.45) is 0 Å². The van der Waals surface area contributed by atoms with E-state index in [0.29, 0.717) is 11.3 Å². The Hall–Kier alpha value is -2.82. The summed E-state index contributed by atoms with van der Waals surface area (Å²) >= 11 is 0. The van der Waals surface area contributed by atoms with E-state index in [2.05, 4.69) is 17.4 Å². The van der Waals surface area contributed by atoms with Gasteiger partial charge in [0.25, 0.3) is 11.8 Å². The van der Waals surface area contributed by atoms with Gasteiger partial charge in [0, 0.05) is 13.1 Å². The second-order valence-corrected chi connectivity index (χ2v) is 8.64. The minimum atomic E-state index is -0.664. The van der Waals surface area contributed by atoms with Crippen molar-refractivity contribution in [3.8, 4) is 5.75 Å². The van der Waals surface area contributed by atoms with Gasteiger partial charge in [-0.25, -0.2) is 0 Å². The summed E-state index contributed by atoms with van der Waals surface area (Å²) in [5.74, 6) is 0.451. The van der Waals surface area contributed by atoms with Gasteiger partial charge in [-0.05, 0) is 80.8 Å². The lowest BCUT2D eigenvalue weighted by atomic mass is 9.92. The van der Waals surface area contributed by atoms with Crippen molar-refractivity contribution in [3.63, 3.8) is 0 Å². The number of nitrogens with one attached hydrogen (secondary N) is 1. The molecule has 1 aliphatic heterocycles. The molecular weight excluding hydrogens is 388 g/mol. The summed E-state index contributed by atoms with van der Waals surface area (Å²) in [6, 6.07) is 13.4. The van der Waals surface area contributed by atoms with Gasteiger partial charge in [-0.15, -0.1) is 0 Å². The van der Waals surface area contributed by atoms with Gasteiger partial charge in [-0.1, -0.05) is 31.0 Å². The SMILES string of the molecule is C[C@H](Oc1ccc2c(c1)CCCC2)C(=O)Nc1ccccc1C(=O)N1CCCCCC1. The fraction of sp³-hybridized carbons (Fsp3) is 0.462. The number of anilines is 1. The van der Waals surface area contributed by atoms with Gasteiger partial charge >= 0.3 is 0 Å². The summed E-state index contributed by atoms with van der Waals surface area (Å²) in [7, 11) is 0. The number of nitrogens with zero attached hydrogens (tertiary/aromatic N) is 1. The van der Waals surface area contributed by atoms with Crippen LogP contribution in [0.25, 0.3) is 0 Å². The monoisotopic (exact) mass is 420 g/mol. The highest BCUT2D eigenvalue weighted by molar-refractivity contribution is 6.04.